The number of anilines is 2. The fourth-order valence-electron chi connectivity index (χ4n) is 1.87. The van der Waals surface area contributed by atoms with Gasteiger partial charge in [-0.15, -0.1) is 11.3 Å². The molecular formula is C14H16N4S. The lowest BCUT2D eigenvalue weighted by molar-refractivity contribution is 0.795. The fourth-order valence-corrected chi connectivity index (χ4v) is 2.89. The number of rotatable bonds is 4. The summed E-state index contributed by atoms with van der Waals surface area (Å²) >= 11 is 1.79. The summed E-state index contributed by atoms with van der Waals surface area (Å²) in [6.45, 7) is 4.18. The number of hydrogen-bond acceptors (Lipinski definition) is 5. The van der Waals surface area contributed by atoms with Crippen LogP contribution in [0.5, 0.6) is 0 Å². The van der Waals surface area contributed by atoms with Crippen molar-refractivity contribution in [2.45, 2.75) is 26.3 Å². The molecule has 0 aliphatic heterocycles. The van der Waals surface area contributed by atoms with Crippen molar-refractivity contribution >= 4 is 22.8 Å². The average molecular weight is 272 g/mol. The topological polar surface area (TPSA) is 74.7 Å². The molecule has 1 atom stereocenters. The number of hydrogen-bond donors (Lipinski definition) is 2. The molecule has 19 heavy (non-hydrogen) atoms. The van der Waals surface area contributed by atoms with Crippen molar-refractivity contribution in [2.24, 2.45) is 0 Å². The van der Waals surface area contributed by atoms with Crippen LogP contribution in [-0.2, 0) is 6.42 Å². The van der Waals surface area contributed by atoms with Gasteiger partial charge in [-0.2, -0.15) is 5.26 Å². The minimum Gasteiger partial charge on any atom is -0.395 e. The van der Waals surface area contributed by atoms with Gasteiger partial charge in [0, 0.05) is 28.4 Å². The van der Waals surface area contributed by atoms with Crippen LogP contribution in [0.2, 0.25) is 0 Å². The molecule has 0 bridgehead atoms. The highest BCUT2D eigenvalue weighted by Crippen LogP contribution is 2.22. The Morgan fingerprint density at radius 1 is 1.47 bits per heavy atom. The Balaban J connectivity index is 2.07. The van der Waals surface area contributed by atoms with Gasteiger partial charge in [0.25, 0.3) is 0 Å². The third kappa shape index (κ3) is 3.24. The summed E-state index contributed by atoms with van der Waals surface area (Å²) in [5.74, 6) is 0.583. The molecule has 0 spiro atoms. The molecule has 0 fully saturated rings. The molecular weight excluding hydrogens is 256 g/mol. The maximum Gasteiger partial charge on any atom is 0.150 e. The monoisotopic (exact) mass is 272 g/mol. The highest BCUT2D eigenvalue weighted by atomic mass is 32.1. The predicted molar refractivity (Wildman–Crippen MR) is 79.2 cm³/mol. The minimum atomic E-state index is 0.210. The molecule has 2 rings (SSSR count). The number of nitrogens with two attached hydrogens (primary N) is 1. The number of aryl methyl sites for hydroxylation is 1. The van der Waals surface area contributed by atoms with Gasteiger partial charge in [0.1, 0.15) is 6.07 Å². The number of pyridine rings is 1. The number of nitrogens with one attached hydrogen (secondary N) is 1. The molecule has 2 heterocycles. The molecule has 0 aliphatic carbocycles. The zero-order valence-electron chi connectivity index (χ0n) is 11.0. The lowest BCUT2D eigenvalue weighted by atomic mass is 10.2. The van der Waals surface area contributed by atoms with Crippen molar-refractivity contribution in [1.29, 1.82) is 5.26 Å². The Labute approximate surface area is 116 Å². The van der Waals surface area contributed by atoms with E-state index < -0.39 is 0 Å². The summed E-state index contributed by atoms with van der Waals surface area (Å²) in [4.78, 5) is 6.83. The first kappa shape index (κ1) is 13.4. The lowest BCUT2D eigenvalue weighted by Gasteiger charge is -2.15. The van der Waals surface area contributed by atoms with Crippen LogP contribution in [0.15, 0.2) is 24.4 Å². The van der Waals surface area contributed by atoms with Crippen LogP contribution in [0.3, 0.4) is 0 Å². The minimum absolute atomic E-state index is 0.210. The third-order valence-electron chi connectivity index (χ3n) is 2.80. The number of aromatic nitrogens is 1. The average Bonchev–Trinajstić information content (AvgIpc) is 2.77. The van der Waals surface area contributed by atoms with Crippen molar-refractivity contribution in [2.75, 3.05) is 11.1 Å². The van der Waals surface area contributed by atoms with Crippen LogP contribution in [-0.4, -0.2) is 11.0 Å². The summed E-state index contributed by atoms with van der Waals surface area (Å²) in [6.07, 6.45) is 2.51. The second-order valence-corrected chi connectivity index (χ2v) is 5.87. The predicted octanol–water partition coefficient (Wildman–Crippen LogP) is 2.95. The van der Waals surface area contributed by atoms with Gasteiger partial charge in [0.2, 0.25) is 0 Å². The van der Waals surface area contributed by atoms with E-state index in [-0.39, 0.29) is 6.04 Å². The van der Waals surface area contributed by atoms with Crippen molar-refractivity contribution in [3.63, 3.8) is 0 Å². The smallest absolute Gasteiger partial charge is 0.150 e. The van der Waals surface area contributed by atoms with E-state index in [1.54, 1.807) is 23.6 Å². The van der Waals surface area contributed by atoms with Crippen molar-refractivity contribution in [1.82, 2.24) is 4.98 Å². The summed E-state index contributed by atoms with van der Waals surface area (Å²) in [7, 11) is 0. The number of nitrogens with zero attached hydrogens (tertiary/aromatic N) is 2. The largest absolute Gasteiger partial charge is 0.395 e. The summed E-state index contributed by atoms with van der Waals surface area (Å²) in [6, 6.07) is 8.15. The first-order valence-corrected chi connectivity index (χ1v) is 6.88. The molecule has 0 saturated carbocycles. The molecule has 0 aliphatic rings. The quantitative estimate of drug-likeness (QED) is 0.897. The molecule has 2 aromatic heterocycles. The molecule has 1 unspecified atom stereocenters. The van der Waals surface area contributed by atoms with Gasteiger partial charge >= 0.3 is 0 Å². The van der Waals surface area contributed by atoms with E-state index in [9.17, 15) is 0 Å². The first-order chi connectivity index (χ1) is 9.10. The Kier molecular flexibility index (Phi) is 4.03. The van der Waals surface area contributed by atoms with Crippen LogP contribution in [0.1, 0.15) is 22.2 Å². The maximum absolute atomic E-state index is 8.93. The van der Waals surface area contributed by atoms with Gasteiger partial charge in [-0.25, -0.2) is 4.98 Å². The highest BCUT2D eigenvalue weighted by Gasteiger charge is 2.10. The van der Waals surface area contributed by atoms with Crippen LogP contribution in [0, 0.1) is 18.3 Å². The van der Waals surface area contributed by atoms with Gasteiger partial charge in [-0.1, -0.05) is 0 Å². The molecule has 0 saturated heterocycles. The number of nitrogen functional groups attached to an aromatic ring is 1. The summed E-state index contributed by atoms with van der Waals surface area (Å²) in [5, 5.41) is 12.2. The molecule has 98 valence electrons. The molecule has 2 aromatic rings. The zero-order chi connectivity index (χ0) is 13.8. The Morgan fingerprint density at radius 3 is 2.89 bits per heavy atom. The number of thiophene rings is 1. The second-order valence-electron chi connectivity index (χ2n) is 4.49. The SMILES string of the molecule is Cc1ccc(CC(C)Nc2nccc(C#N)c2N)s1. The Hall–Kier alpha value is -2.06. The molecule has 0 aromatic carbocycles. The highest BCUT2D eigenvalue weighted by molar-refractivity contribution is 7.11. The third-order valence-corrected chi connectivity index (χ3v) is 3.82. The van der Waals surface area contributed by atoms with Gasteiger partial charge in [0.15, 0.2) is 5.82 Å². The molecule has 0 amide bonds. The molecule has 5 heteroatoms. The van der Waals surface area contributed by atoms with Crippen molar-refractivity contribution in [3.8, 4) is 6.07 Å². The normalized spacial score (nSPS) is 11.8. The molecule has 4 nitrogen and oxygen atoms in total. The Morgan fingerprint density at radius 2 is 2.26 bits per heavy atom. The van der Waals surface area contributed by atoms with E-state index in [0.717, 1.165) is 6.42 Å². The van der Waals surface area contributed by atoms with Gasteiger partial charge in [-0.3, -0.25) is 0 Å². The Bertz CT molecular complexity index is 612. The fraction of sp³-hybridized carbons (Fsp3) is 0.286. The van der Waals surface area contributed by atoms with E-state index >= 15 is 0 Å². The first-order valence-electron chi connectivity index (χ1n) is 6.06. The van der Waals surface area contributed by atoms with Crippen molar-refractivity contribution < 1.29 is 0 Å². The van der Waals surface area contributed by atoms with Crippen molar-refractivity contribution in [3.05, 3.63) is 39.7 Å². The van der Waals surface area contributed by atoms with E-state index in [0.29, 0.717) is 17.1 Å². The van der Waals surface area contributed by atoms with Gasteiger partial charge in [-0.05, 0) is 32.0 Å². The second kappa shape index (κ2) is 5.72. The summed E-state index contributed by atoms with van der Waals surface area (Å²) < 4.78 is 0. The lowest BCUT2D eigenvalue weighted by Crippen LogP contribution is -2.19. The van der Waals surface area contributed by atoms with Gasteiger partial charge in [0.05, 0.1) is 11.3 Å². The number of nitriles is 1. The maximum atomic E-state index is 8.93. The van der Waals surface area contributed by atoms with Crippen LogP contribution in [0.25, 0.3) is 0 Å². The van der Waals surface area contributed by atoms with Crippen LogP contribution < -0.4 is 11.1 Å². The molecule has 0 radical (unpaired) electrons. The zero-order valence-corrected chi connectivity index (χ0v) is 11.8. The van der Waals surface area contributed by atoms with E-state index in [1.165, 1.54) is 9.75 Å². The van der Waals surface area contributed by atoms with Crippen LogP contribution in [0.4, 0.5) is 11.5 Å². The van der Waals surface area contributed by atoms with E-state index in [1.807, 2.05) is 0 Å². The van der Waals surface area contributed by atoms with Crippen LogP contribution >= 0.6 is 11.3 Å². The van der Waals surface area contributed by atoms with E-state index in [4.69, 9.17) is 11.0 Å². The van der Waals surface area contributed by atoms with Gasteiger partial charge < -0.3 is 11.1 Å². The van der Waals surface area contributed by atoms with E-state index in [2.05, 4.69) is 42.4 Å². The molecule has 3 N–H and O–H groups in total. The summed E-state index contributed by atoms with van der Waals surface area (Å²) in [5.41, 5.74) is 6.77. The standard InChI is InChI=1S/C14H16N4S/c1-9(7-12-4-3-10(2)19-12)18-14-13(16)11(8-15)5-6-17-14/h3-6,9H,7,16H2,1-2H3,(H,17,18).